The third-order valence-corrected chi connectivity index (χ3v) is 6.22. The van der Waals surface area contributed by atoms with Gasteiger partial charge in [-0.05, 0) is 40.4 Å². The summed E-state index contributed by atoms with van der Waals surface area (Å²) in [4.78, 5) is 4.87. The molecule has 0 radical (unpaired) electrons. The van der Waals surface area contributed by atoms with Crippen LogP contribution in [0.4, 0.5) is 5.82 Å². The van der Waals surface area contributed by atoms with Gasteiger partial charge < -0.3 is 14.8 Å². The molecule has 154 valence electrons. The molecule has 1 aliphatic carbocycles. The second kappa shape index (κ2) is 9.03. The van der Waals surface area contributed by atoms with Crippen LogP contribution in [0.15, 0.2) is 34.9 Å². The highest BCUT2D eigenvalue weighted by atomic mass is 79.9. The Labute approximate surface area is 179 Å². The summed E-state index contributed by atoms with van der Waals surface area (Å²) >= 11 is 3.59. The third kappa shape index (κ3) is 4.50. The van der Waals surface area contributed by atoms with Crippen molar-refractivity contribution in [3.8, 4) is 11.5 Å². The highest BCUT2D eigenvalue weighted by molar-refractivity contribution is 9.10. The first kappa shape index (κ1) is 20.0. The minimum absolute atomic E-state index is 0.618. The van der Waals surface area contributed by atoms with Crippen LogP contribution in [0, 0.1) is 5.92 Å². The maximum Gasteiger partial charge on any atom is 0.171 e. The van der Waals surface area contributed by atoms with Crippen molar-refractivity contribution in [3.05, 3.63) is 46.2 Å². The molecule has 0 bridgehead atoms. The zero-order valence-corrected chi connectivity index (χ0v) is 18.5. The largest absolute Gasteiger partial charge is 0.497 e. The quantitative estimate of drug-likeness (QED) is 0.524. The molecule has 0 atom stereocenters. The first-order chi connectivity index (χ1) is 14.2. The zero-order valence-electron chi connectivity index (χ0n) is 16.9. The average Bonchev–Trinajstić information content (AvgIpc) is 3.13. The number of anilines is 1. The highest BCUT2D eigenvalue weighted by Gasteiger charge is 2.17. The van der Waals surface area contributed by atoms with Gasteiger partial charge in [-0.1, -0.05) is 32.1 Å². The van der Waals surface area contributed by atoms with Crippen LogP contribution in [0.1, 0.15) is 43.4 Å². The first-order valence-electron chi connectivity index (χ1n) is 10.2. The maximum absolute atomic E-state index is 5.53. The average molecular weight is 459 g/mol. The second-order valence-electron chi connectivity index (χ2n) is 7.60. The minimum atomic E-state index is 0.618. The number of aromatic nitrogens is 3. The van der Waals surface area contributed by atoms with Crippen LogP contribution in [-0.4, -0.2) is 28.8 Å². The molecule has 4 rings (SSSR count). The Morgan fingerprint density at radius 2 is 1.97 bits per heavy atom. The summed E-state index contributed by atoms with van der Waals surface area (Å²) in [5.41, 5.74) is 3.02. The van der Waals surface area contributed by atoms with Gasteiger partial charge >= 0.3 is 0 Å². The van der Waals surface area contributed by atoms with Crippen LogP contribution >= 0.6 is 15.9 Å². The van der Waals surface area contributed by atoms with Crippen LogP contribution in [0.25, 0.3) is 5.65 Å². The van der Waals surface area contributed by atoms with Crippen LogP contribution in [0.2, 0.25) is 0 Å². The number of halogens is 1. The van der Waals surface area contributed by atoms with E-state index in [4.69, 9.17) is 14.5 Å². The van der Waals surface area contributed by atoms with Gasteiger partial charge in [-0.25, -0.2) is 4.98 Å². The molecule has 0 amide bonds. The van der Waals surface area contributed by atoms with E-state index in [-0.39, 0.29) is 0 Å². The number of benzene rings is 1. The predicted molar refractivity (Wildman–Crippen MR) is 118 cm³/mol. The van der Waals surface area contributed by atoms with E-state index in [1.165, 1.54) is 32.1 Å². The van der Waals surface area contributed by atoms with Gasteiger partial charge in [0.2, 0.25) is 0 Å². The molecule has 1 fully saturated rings. The smallest absolute Gasteiger partial charge is 0.171 e. The van der Waals surface area contributed by atoms with Crippen molar-refractivity contribution in [1.29, 1.82) is 0 Å². The molecule has 1 N–H and O–H groups in total. The molecular weight excluding hydrogens is 432 g/mol. The van der Waals surface area contributed by atoms with E-state index in [0.717, 1.165) is 51.0 Å². The van der Waals surface area contributed by atoms with Crippen molar-refractivity contribution in [2.24, 2.45) is 5.92 Å². The lowest BCUT2D eigenvalue weighted by atomic mass is 9.86. The van der Waals surface area contributed by atoms with E-state index in [2.05, 4.69) is 32.4 Å². The molecule has 0 aliphatic heterocycles. The van der Waals surface area contributed by atoms with E-state index < -0.39 is 0 Å². The van der Waals surface area contributed by atoms with E-state index in [1.54, 1.807) is 20.4 Å². The van der Waals surface area contributed by atoms with Gasteiger partial charge in [0.05, 0.1) is 24.9 Å². The van der Waals surface area contributed by atoms with Crippen molar-refractivity contribution >= 4 is 27.4 Å². The lowest BCUT2D eigenvalue weighted by molar-refractivity contribution is 0.354. The first-order valence-corrected chi connectivity index (χ1v) is 10.9. The minimum Gasteiger partial charge on any atom is -0.497 e. The molecule has 3 aromatic rings. The van der Waals surface area contributed by atoms with Gasteiger partial charge in [-0.3, -0.25) is 0 Å². The molecule has 6 nitrogen and oxygen atoms in total. The van der Waals surface area contributed by atoms with E-state index in [1.807, 2.05) is 22.7 Å². The Morgan fingerprint density at radius 3 is 2.72 bits per heavy atom. The van der Waals surface area contributed by atoms with E-state index in [9.17, 15) is 0 Å². The molecule has 7 heteroatoms. The Balaban J connectivity index is 1.59. The van der Waals surface area contributed by atoms with Crippen LogP contribution in [0.5, 0.6) is 11.5 Å². The number of rotatable bonds is 7. The van der Waals surface area contributed by atoms with Crippen molar-refractivity contribution in [2.75, 3.05) is 19.5 Å². The molecule has 1 aromatic carbocycles. The standard InChI is InChI=1S/C22H27BrN4O2/c1-28-18-9-8-16(20(12-18)29-2)13-24-21-11-17(10-15-6-4-3-5-7-15)26-22-19(23)14-25-27(21)22/h8-9,11-12,14-15,24H,3-7,10,13H2,1-2H3. The van der Waals surface area contributed by atoms with Gasteiger partial charge in [-0.15, -0.1) is 0 Å². The Hall–Kier alpha value is -2.28. The summed E-state index contributed by atoms with van der Waals surface area (Å²) in [6.45, 7) is 0.618. The van der Waals surface area contributed by atoms with Crippen molar-refractivity contribution in [3.63, 3.8) is 0 Å². The number of methoxy groups -OCH3 is 2. The summed E-state index contributed by atoms with van der Waals surface area (Å²) < 4.78 is 13.6. The lowest BCUT2D eigenvalue weighted by Crippen LogP contribution is -2.13. The normalized spacial score (nSPS) is 14.9. The van der Waals surface area contributed by atoms with Gasteiger partial charge in [0, 0.05) is 29.9 Å². The van der Waals surface area contributed by atoms with Crippen LogP contribution in [0.3, 0.4) is 0 Å². The second-order valence-corrected chi connectivity index (χ2v) is 8.45. The topological polar surface area (TPSA) is 60.7 Å². The number of ether oxygens (including phenoxy) is 2. The monoisotopic (exact) mass is 458 g/mol. The number of nitrogens with zero attached hydrogens (tertiary/aromatic N) is 3. The van der Waals surface area contributed by atoms with Gasteiger partial charge in [0.25, 0.3) is 0 Å². The maximum atomic E-state index is 5.53. The third-order valence-electron chi connectivity index (χ3n) is 5.66. The molecule has 1 aliphatic rings. The van der Waals surface area contributed by atoms with Crippen molar-refractivity contribution in [2.45, 2.75) is 45.1 Å². The molecule has 1 saturated carbocycles. The molecule has 29 heavy (non-hydrogen) atoms. The SMILES string of the molecule is COc1ccc(CNc2cc(CC3CCCCC3)nc3c(Br)cnn23)c(OC)c1. The van der Waals surface area contributed by atoms with Crippen LogP contribution < -0.4 is 14.8 Å². The zero-order chi connectivity index (χ0) is 20.2. The fourth-order valence-corrected chi connectivity index (χ4v) is 4.44. The number of nitrogens with one attached hydrogen (secondary N) is 1. The Kier molecular flexibility index (Phi) is 6.23. The van der Waals surface area contributed by atoms with Crippen LogP contribution in [-0.2, 0) is 13.0 Å². The van der Waals surface area contributed by atoms with E-state index >= 15 is 0 Å². The summed E-state index contributed by atoms with van der Waals surface area (Å²) in [7, 11) is 3.33. The fourth-order valence-electron chi connectivity index (χ4n) is 4.09. The summed E-state index contributed by atoms with van der Waals surface area (Å²) in [5, 5.41) is 8.01. The lowest BCUT2D eigenvalue weighted by Gasteiger charge is -2.21. The van der Waals surface area contributed by atoms with Crippen molar-refractivity contribution in [1.82, 2.24) is 14.6 Å². The summed E-state index contributed by atoms with van der Waals surface area (Å²) in [6, 6.07) is 8.00. The molecule has 0 spiro atoms. The number of fused-ring (bicyclic) bond motifs is 1. The molecule has 2 heterocycles. The molecule has 0 unspecified atom stereocenters. The summed E-state index contributed by atoms with van der Waals surface area (Å²) in [5.74, 6) is 3.24. The van der Waals surface area contributed by atoms with E-state index in [0.29, 0.717) is 6.54 Å². The van der Waals surface area contributed by atoms with Gasteiger partial charge in [-0.2, -0.15) is 9.61 Å². The number of hydrogen-bond donors (Lipinski definition) is 1. The summed E-state index contributed by atoms with van der Waals surface area (Å²) in [6.07, 6.45) is 9.48. The van der Waals surface area contributed by atoms with Gasteiger partial charge in [0.15, 0.2) is 5.65 Å². The molecular formula is C22H27BrN4O2. The molecule has 2 aromatic heterocycles. The number of hydrogen-bond acceptors (Lipinski definition) is 5. The molecule has 0 saturated heterocycles. The van der Waals surface area contributed by atoms with Gasteiger partial charge in [0.1, 0.15) is 17.3 Å². The Morgan fingerprint density at radius 1 is 1.14 bits per heavy atom. The Bertz CT molecular complexity index is 982. The predicted octanol–water partition coefficient (Wildman–Crippen LogP) is 5.24. The van der Waals surface area contributed by atoms with Crippen molar-refractivity contribution < 1.29 is 9.47 Å². The fraction of sp³-hybridized carbons (Fsp3) is 0.455. The highest BCUT2D eigenvalue weighted by Crippen LogP contribution is 2.29.